The summed E-state index contributed by atoms with van der Waals surface area (Å²) >= 11 is 0. The van der Waals surface area contributed by atoms with Crippen molar-refractivity contribution in [1.29, 1.82) is 0 Å². The Hall–Kier alpha value is -3.54. The van der Waals surface area contributed by atoms with Crippen molar-refractivity contribution in [1.82, 2.24) is 19.5 Å². The van der Waals surface area contributed by atoms with Gasteiger partial charge >= 0.3 is 0 Å². The number of benzene rings is 1. The van der Waals surface area contributed by atoms with Crippen LogP contribution in [0.2, 0.25) is 0 Å². The lowest BCUT2D eigenvalue weighted by molar-refractivity contribution is 0.285. The van der Waals surface area contributed by atoms with Gasteiger partial charge < -0.3 is 9.30 Å². The van der Waals surface area contributed by atoms with Crippen LogP contribution in [0.4, 0.5) is 0 Å². The van der Waals surface area contributed by atoms with Crippen LogP contribution < -0.4 is 10.3 Å². The van der Waals surface area contributed by atoms with Gasteiger partial charge in [0.05, 0.1) is 17.7 Å². The average molecular weight is 412 g/mol. The van der Waals surface area contributed by atoms with E-state index in [1.807, 2.05) is 32.2 Å². The summed E-state index contributed by atoms with van der Waals surface area (Å²) in [5.74, 6) is 1.98. The molecule has 3 heterocycles. The normalized spacial score (nSPS) is 17.6. The van der Waals surface area contributed by atoms with E-state index in [0.29, 0.717) is 30.1 Å². The number of fused-ring (bicyclic) bond motifs is 1. The molecule has 1 aromatic carbocycles. The molecule has 0 N–H and O–H groups in total. The van der Waals surface area contributed by atoms with Crippen molar-refractivity contribution in [3.63, 3.8) is 0 Å². The Morgan fingerprint density at radius 1 is 1.10 bits per heavy atom. The zero-order valence-corrected chi connectivity index (χ0v) is 17.9. The minimum absolute atomic E-state index is 0.0724. The molecule has 0 saturated heterocycles. The molecule has 6 nitrogen and oxygen atoms in total. The van der Waals surface area contributed by atoms with Gasteiger partial charge in [0.25, 0.3) is 5.56 Å². The highest BCUT2D eigenvalue weighted by atomic mass is 16.5. The molecule has 1 aliphatic rings. The minimum Gasteiger partial charge on any atom is -0.477 e. The number of para-hydroxylation sites is 1. The quantitative estimate of drug-likeness (QED) is 0.492. The van der Waals surface area contributed by atoms with Gasteiger partial charge in [0.2, 0.25) is 5.88 Å². The molecule has 0 aliphatic heterocycles. The Bertz CT molecular complexity index is 1350. The van der Waals surface area contributed by atoms with E-state index in [1.165, 1.54) is 0 Å². The van der Waals surface area contributed by atoms with Gasteiger partial charge in [-0.05, 0) is 43.5 Å². The third-order valence-electron chi connectivity index (χ3n) is 5.95. The maximum absolute atomic E-state index is 12.2. The maximum atomic E-state index is 12.2. The number of aryl methyl sites for hydroxylation is 3. The number of hydrogen-bond donors (Lipinski definition) is 0. The van der Waals surface area contributed by atoms with E-state index >= 15 is 0 Å². The lowest BCUT2D eigenvalue weighted by Gasteiger charge is -2.13. The molecule has 6 heteroatoms. The fourth-order valence-corrected chi connectivity index (χ4v) is 4.07. The van der Waals surface area contributed by atoms with Crippen molar-refractivity contribution in [2.24, 2.45) is 13.0 Å². The molecule has 1 saturated carbocycles. The van der Waals surface area contributed by atoms with Crippen molar-refractivity contribution < 1.29 is 4.74 Å². The third-order valence-corrected chi connectivity index (χ3v) is 5.95. The number of pyridine rings is 2. The predicted octanol–water partition coefficient (Wildman–Crippen LogP) is 4.19. The molecule has 31 heavy (non-hydrogen) atoms. The second kappa shape index (κ2) is 7.61. The minimum atomic E-state index is -0.0724. The van der Waals surface area contributed by atoms with E-state index in [0.717, 1.165) is 39.7 Å². The summed E-state index contributed by atoms with van der Waals surface area (Å²) in [5, 5.41) is 1.16. The lowest BCUT2D eigenvalue weighted by atomic mass is 10.1. The van der Waals surface area contributed by atoms with Gasteiger partial charge in [0.15, 0.2) is 0 Å². The summed E-state index contributed by atoms with van der Waals surface area (Å²) in [7, 11) is 1.75. The Labute approximate surface area is 180 Å². The summed E-state index contributed by atoms with van der Waals surface area (Å²) in [5.41, 5.74) is 4.61. The van der Waals surface area contributed by atoms with Crippen LogP contribution in [0.3, 0.4) is 0 Å². The number of aromatic nitrogens is 4. The molecular weight excluding hydrogens is 388 g/mol. The highest BCUT2D eigenvalue weighted by Gasteiger charge is 2.40. The van der Waals surface area contributed by atoms with Crippen LogP contribution in [0, 0.1) is 19.8 Å². The first-order valence-corrected chi connectivity index (χ1v) is 10.5. The van der Waals surface area contributed by atoms with E-state index in [1.54, 1.807) is 23.9 Å². The number of ether oxygens (including phenoxy) is 1. The van der Waals surface area contributed by atoms with Crippen LogP contribution in [-0.4, -0.2) is 26.1 Å². The van der Waals surface area contributed by atoms with Crippen molar-refractivity contribution in [2.45, 2.75) is 26.2 Å². The second-order valence-corrected chi connectivity index (χ2v) is 8.30. The topological polar surface area (TPSA) is 69.9 Å². The molecule has 2 atom stereocenters. The molecule has 0 spiro atoms. The first-order chi connectivity index (χ1) is 15.0. The fraction of sp³-hybridized carbons (Fsp3) is 0.280. The first kappa shape index (κ1) is 19.4. The first-order valence-electron chi connectivity index (χ1n) is 10.5. The molecule has 3 aromatic heterocycles. The largest absolute Gasteiger partial charge is 0.477 e. The SMILES string of the molecule is Cc1ncc(-c2cc(=O)n(C)cc2C)c(OCC2C[C@H]2c2ccc3ccccc3n2)n1. The van der Waals surface area contributed by atoms with Gasteiger partial charge in [-0.25, -0.2) is 4.98 Å². The molecule has 0 bridgehead atoms. The zero-order chi connectivity index (χ0) is 21.5. The van der Waals surface area contributed by atoms with Crippen molar-refractivity contribution in [3.8, 4) is 17.0 Å². The number of rotatable bonds is 5. The molecule has 5 rings (SSSR count). The zero-order valence-electron chi connectivity index (χ0n) is 17.9. The molecule has 1 fully saturated rings. The van der Waals surface area contributed by atoms with Crippen LogP contribution in [0.25, 0.3) is 22.0 Å². The Morgan fingerprint density at radius 2 is 1.94 bits per heavy atom. The van der Waals surface area contributed by atoms with Crippen molar-refractivity contribution >= 4 is 10.9 Å². The fourth-order valence-electron chi connectivity index (χ4n) is 4.07. The van der Waals surface area contributed by atoms with Crippen molar-refractivity contribution in [2.75, 3.05) is 6.61 Å². The van der Waals surface area contributed by atoms with Gasteiger partial charge in [-0.3, -0.25) is 9.78 Å². The second-order valence-electron chi connectivity index (χ2n) is 8.30. The van der Waals surface area contributed by atoms with Crippen LogP contribution in [0.15, 0.2) is 59.7 Å². The van der Waals surface area contributed by atoms with Gasteiger partial charge in [-0.2, -0.15) is 4.98 Å². The Kier molecular flexibility index (Phi) is 4.77. The van der Waals surface area contributed by atoms with Crippen LogP contribution >= 0.6 is 0 Å². The van der Waals surface area contributed by atoms with E-state index in [2.05, 4.69) is 34.2 Å². The number of hydrogen-bond acceptors (Lipinski definition) is 5. The van der Waals surface area contributed by atoms with E-state index in [9.17, 15) is 4.79 Å². The van der Waals surface area contributed by atoms with Crippen molar-refractivity contribution in [3.05, 3.63) is 82.3 Å². The average Bonchev–Trinajstić information content (AvgIpc) is 3.55. The van der Waals surface area contributed by atoms with E-state index in [4.69, 9.17) is 9.72 Å². The van der Waals surface area contributed by atoms with Gasteiger partial charge in [-0.15, -0.1) is 0 Å². The third kappa shape index (κ3) is 3.81. The summed E-state index contributed by atoms with van der Waals surface area (Å²) in [6, 6.07) is 14.1. The summed E-state index contributed by atoms with van der Waals surface area (Å²) in [6.45, 7) is 4.37. The molecule has 4 aromatic rings. The lowest BCUT2D eigenvalue weighted by Crippen LogP contribution is -2.16. The van der Waals surface area contributed by atoms with Crippen LogP contribution in [0.5, 0.6) is 5.88 Å². The standard InChI is InChI=1S/C25H24N4O2/c1-15-13-29(3)24(30)11-19(15)21-12-26-16(2)27-25(21)31-14-18-10-20(18)23-9-8-17-6-4-5-7-22(17)28-23/h4-9,11-13,18,20H,10,14H2,1-3H3/t18?,20-/m1/s1. The van der Waals surface area contributed by atoms with Gasteiger partial charge in [0, 0.05) is 48.4 Å². The molecule has 0 radical (unpaired) electrons. The van der Waals surface area contributed by atoms with Gasteiger partial charge in [0.1, 0.15) is 5.82 Å². The number of nitrogens with zero attached hydrogens (tertiary/aromatic N) is 4. The highest BCUT2D eigenvalue weighted by molar-refractivity contribution is 5.78. The summed E-state index contributed by atoms with van der Waals surface area (Å²) in [4.78, 5) is 25.9. The van der Waals surface area contributed by atoms with E-state index < -0.39 is 0 Å². The Balaban J connectivity index is 1.36. The van der Waals surface area contributed by atoms with Gasteiger partial charge in [-0.1, -0.05) is 24.3 Å². The van der Waals surface area contributed by atoms with Crippen LogP contribution in [-0.2, 0) is 7.05 Å². The molecule has 0 amide bonds. The molecule has 1 aliphatic carbocycles. The van der Waals surface area contributed by atoms with E-state index in [-0.39, 0.29) is 5.56 Å². The Morgan fingerprint density at radius 3 is 2.81 bits per heavy atom. The molecule has 1 unspecified atom stereocenters. The highest BCUT2D eigenvalue weighted by Crippen LogP contribution is 2.47. The molecular formula is C25H24N4O2. The molecule has 156 valence electrons. The smallest absolute Gasteiger partial charge is 0.250 e. The van der Waals surface area contributed by atoms with Crippen LogP contribution in [0.1, 0.15) is 29.4 Å². The maximum Gasteiger partial charge on any atom is 0.250 e. The predicted molar refractivity (Wildman–Crippen MR) is 120 cm³/mol. The summed E-state index contributed by atoms with van der Waals surface area (Å²) in [6.07, 6.45) is 4.62. The summed E-state index contributed by atoms with van der Waals surface area (Å²) < 4.78 is 7.74. The monoisotopic (exact) mass is 412 g/mol.